The molecular formula is C14H19NO3S. The molecule has 1 amide bonds. The first-order valence-corrected chi connectivity index (χ1v) is 6.82. The van der Waals surface area contributed by atoms with Crippen molar-refractivity contribution in [2.75, 3.05) is 20.2 Å². The number of carbonyl (C=O) groups is 1. The highest BCUT2D eigenvalue weighted by Gasteiger charge is 2.21. The number of amides is 1. The Balaban J connectivity index is 2.71. The Morgan fingerprint density at radius 2 is 2.16 bits per heavy atom. The van der Waals surface area contributed by atoms with E-state index in [0.717, 1.165) is 4.88 Å². The third-order valence-corrected chi connectivity index (χ3v) is 3.22. The largest absolute Gasteiger partial charge is 0.395 e. The molecule has 0 radical (unpaired) electrons. The molecule has 0 atom stereocenters. The Morgan fingerprint density at radius 3 is 2.74 bits per heavy atom. The molecule has 1 rings (SSSR count). The molecule has 0 unspecified atom stereocenters. The van der Waals surface area contributed by atoms with E-state index in [9.17, 15) is 9.90 Å². The lowest BCUT2D eigenvalue weighted by molar-refractivity contribution is 0.0370. The lowest BCUT2D eigenvalue weighted by atomic mass is 10.1. The van der Waals surface area contributed by atoms with E-state index in [1.807, 2.05) is 0 Å². The maximum atomic E-state index is 12.1. The Kier molecular flexibility index (Phi) is 5.55. The van der Waals surface area contributed by atoms with Crippen molar-refractivity contribution in [2.45, 2.75) is 25.9 Å². The second-order valence-electron chi connectivity index (χ2n) is 4.91. The van der Waals surface area contributed by atoms with Crippen molar-refractivity contribution in [3.05, 3.63) is 21.9 Å². The molecule has 0 aromatic carbocycles. The fourth-order valence-electron chi connectivity index (χ4n) is 1.57. The number of aliphatic hydroxyl groups excluding tert-OH is 1. The number of hydrogen-bond donors (Lipinski definition) is 2. The predicted octanol–water partition coefficient (Wildman–Crippen LogP) is 1.32. The van der Waals surface area contributed by atoms with Gasteiger partial charge in [0, 0.05) is 20.0 Å². The Labute approximate surface area is 117 Å². The van der Waals surface area contributed by atoms with Gasteiger partial charge in [-0.15, -0.1) is 11.3 Å². The van der Waals surface area contributed by atoms with Crippen molar-refractivity contribution in [2.24, 2.45) is 0 Å². The molecule has 1 aromatic heterocycles. The topological polar surface area (TPSA) is 60.8 Å². The van der Waals surface area contributed by atoms with Crippen molar-refractivity contribution in [3.8, 4) is 11.8 Å². The first-order chi connectivity index (χ1) is 8.83. The minimum absolute atomic E-state index is 0.0402. The number of aliphatic hydroxyl groups is 2. The molecule has 4 nitrogen and oxygen atoms in total. The predicted molar refractivity (Wildman–Crippen MR) is 76.2 cm³/mol. The fourth-order valence-corrected chi connectivity index (χ4v) is 2.44. The van der Waals surface area contributed by atoms with Crippen molar-refractivity contribution in [1.82, 2.24) is 4.90 Å². The third-order valence-electron chi connectivity index (χ3n) is 2.24. The molecule has 0 aliphatic rings. The molecule has 0 aliphatic carbocycles. The summed E-state index contributed by atoms with van der Waals surface area (Å²) in [5, 5.41) is 18.3. The van der Waals surface area contributed by atoms with Crippen LogP contribution < -0.4 is 0 Å². The van der Waals surface area contributed by atoms with Crippen molar-refractivity contribution >= 4 is 17.2 Å². The minimum Gasteiger partial charge on any atom is -0.395 e. The number of likely N-dealkylation sites (N-methyl/N-ethyl adjacent to an activating group) is 1. The summed E-state index contributed by atoms with van der Waals surface area (Å²) in [5.74, 6) is 5.59. The zero-order chi connectivity index (χ0) is 14.5. The molecule has 19 heavy (non-hydrogen) atoms. The zero-order valence-electron chi connectivity index (χ0n) is 11.4. The van der Waals surface area contributed by atoms with E-state index >= 15 is 0 Å². The van der Waals surface area contributed by atoms with Crippen LogP contribution in [0.25, 0.3) is 0 Å². The van der Waals surface area contributed by atoms with Gasteiger partial charge in [0.15, 0.2) is 0 Å². The Morgan fingerprint density at radius 1 is 1.47 bits per heavy atom. The van der Waals surface area contributed by atoms with Crippen LogP contribution in [0.5, 0.6) is 0 Å². The highest BCUT2D eigenvalue weighted by atomic mass is 32.1. The van der Waals surface area contributed by atoms with Crippen molar-refractivity contribution < 1.29 is 15.0 Å². The van der Waals surface area contributed by atoms with Gasteiger partial charge in [-0.2, -0.15) is 0 Å². The second kappa shape index (κ2) is 6.71. The van der Waals surface area contributed by atoms with Crippen LogP contribution in [0.15, 0.2) is 12.1 Å². The van der Waals surface area contributed by atoms with Crippen LogP contribution in [0.4, 0.5) is 0 Å². The van der Waals surface area contributed by atoms with E-state index in [1.165, 1.54) is 16.2 Å². The maximum Gasteiger partial charge on any atom is 0.263 e. The smallest absolute Gasteiger partial charge is 0.263 e. The van der Waals surface area contributed by atoms with Gasteiger partial charge in [-0.1, -0.05) is 11.8 Å². The van der Waals surface area contributed by atoms with Crippen molar-refractivity contribution in [1.29, 1.82) is 0 Å². The lowest BCUT2D eigenvalue weighted by Crippen LogP contribution is -2.39. The van der Waals surface area contributed by atoms with E-state index in [1.54, 1.807) is 33.0 Å². The quantitative estimate of drug-likeness (QED) is 0.818. The lowest BCUT2D eigenvalue weighted by Gasteiger charge is -2.25. The molecule has 1 aromatic rings. The number of hydrogen-bond acceptors (Lipinski definition) is 4. The number of thiophene rings is 1. The average Bonchev–Trinajstić information content (AvgIpc) is 2.75. The summed E-state index contributed by atoms with van der Waals surface area (Å²) in [7, 11) is 1.66. The average molecular weight is 281 g/mol. The monoisotopic (exact) mass is 281 g/mol. The van der Waals surface area contributed by atoms with Crippen LogP contribution in [0.2, 0.25) is 0 Å². The van der Waals surface area contributed by atoms with Crippen LogP contribution >= 0.6 is 11.3 Å². The number of carbonyl (C=O) groups excluding carboxylic acids is 1. The highest BCUT2D eigenvalue weighted by molar-refractivity contribution is 7.14. The van der Waals surface area contributed by atoms with Crippen LogP contribution in [-0.2, 0) is 0 Å². The molecule has 104 valence electrons. The van der Waals surface area contributed by atoms with Crippen LogP contribution in [-0.4, -0.2) is 46.8 Å². The summed E-state index contributed by atoms with van der Waals surface area (Å²) >= 11 is 1.32. The Hall–Kier alpha value is -1.35. The van der Waals surface area contributed by atoms with Gasteiger partial charge in [0.1, 0.15) is 0 Å². The molecule has 0 saturated carbocycles. The molecular weight excluding hydrogens is 262 g/mol. The minimum atomic E-state index is -0.911. The molecule has 1 heterocycles. The van der Waals surface area contributed by atoms with Gasteiger partial charge in [0.2, 0.25) is 0 Å². The molecule has 5 heteroatoms. The zero-order valence-corrected chi connectivity index (χ0v) is 12.3. The molecule has 0 fully saturated rings. The SMILES string of the molecule is CN(CC(C)(C)O)C(=O)c1ccc(C#CCCO)s1. The Bertz CT molecular complexity index is 491. The summed E-state index contributed by atoms with van der Waals surface area (Å²) < 4.78 is 0. The standard InChI is InChI=1S/C14H19NO3S/c1-14(2,18)10-15(3)13(17)12-8-7-11(19-12)6-4-5-9-16/h7-8,16,18H,5,9-10H2,1-3H3. The van der Waals surface area contributed by atoms with Crippen LogP contribution in [0.3, 0.4) is 0 Å². The maximum absolute atomic E-state index is 12.1. The molecule has 0 saturated heterocycles. The van der Waals surface area contributed by atoms with E-state index in [4.69, 9.17) is 5.11 Å². The molecule has 0 bridgehead atoms. The van der Waals surface area contributed by atoms with Gasteiger partial charge in [-0.3, -0.25) is 4.79 Å². The summed E-state index contributed by atoms with van der Waals surface area (Å²) in [6, 6.07) is 3.52. The van der Waals surface area contributed by atoms with Gasteiger partial charge in [-0.05, 0) is 26.0 Å². The van der Waals surface area contributed by atoms with Crippen molar-refractivity contribution in [3.63, 3.8) is 0 Å². The first kappa shape index (κ1) is 15.7. The van der Waals surface area contributed by atoms with Gasteiger partial charge in [0.05, 0.1) is 22.0 Å². The van der Waals surface area contributed by atoms with E-state index < -0.39 is 5.60 Å². The normalized spacial score (nSPS) is 10.8. The van der Waals surface area contributed by atoms with Crippen LogP contribution in [0, 0.1) is 11.8 Å². The molecule has 2 N–H and O–H groups in total. The number of rotatable bonds is 4. The summed E-state index contributed by atoms with van der Waals surface area (Å²) in [5.41, 5.74) is -0.911. The van der Waals surface area contributed by atoms with E-state index in [2.05, 4.69) is 11.8 Å². The van der Waals surface area contributed by atoms with Gasteiger partial charge in [-0.25, -0.2) is 0 Å². The second-order valence-corrected chi connectivity index (χ2v) is 6.00. The molecule has 0 aliphatic heterocycles. The summed E-state index contributed by atoms with van der Waals surface area (Å²) in [6.45, 7) is 3.64. The number of nitrogens with zero attached hydrogens (tertiary/aromatic N) is 1. The van der Waals surface area contributed by atoms with Gasteiger partial charge >= 0.3 is 0 Å². The summed E-state index contributed by atoms with van der Waals surface area (Å²) in [4.78, 5) is 15.0. The molecule has 0 spiro atoms. The van der Waals surface area contributed by atoms with Gasteiger partial charge in [0.25, 0.3) is 5.91 Å². The summed E-state index contributed by atoms with van der Waals surface area (Å²) in [6.07, 6.45) is 0.430. The fraction of sp³-hybridized carbons (Fsp3) is 0.500. The third kappa shape index (κ3) is 5.43. The first-order valence-electron chi connectivity index (χ1n) is 6.01. The van der Waals surface area contributed by atoms with E-state index in [-0.39, 0.29) is 19.1 Å². The van der Waals surface area contributed by atoms with Gasteiger partial charge < -0.3 is 15.1 Å². The van der Waals surface area contributed by atoms with E-state index in [0.29, 0.717) is 11.3 Å². The van der Waals surface area contributed by atoms with Crippen LogP contribution in [0.1, 0.15) is 34.8 Å². The highest BCUT2D eigenvalue weighted by Crippen LogP contribution is 2.18.